The highest BCUT2D eigenvalue weighted by molar-refractivity contribution is 5.54. The molecule has 0 amide bonds. The molecule has 4 rings (SSSR count). The highest BCUT2D eigenvalue weighted by Gasteiger charge is 2.17. The zero-order valence-corrected chi connectivity index (χ0v) is 14.0. The Kier molecular flexibility index (Phi) is 4.56. The van der Waals surface area contributed by atoms with E-state index in [2.05, 4.69) is 40.5 Å². The highest BCUT2D eigenvalue weighted by Crippen LogP contribution is 2.35. The van der Waals surface area contributed by atoms with Crippen LogP contribution >= 0.6 is 0 Å². The average Bonchev–Trinajstić information content (AvgIpc) is 3.12. The Morgan fingerprint density at radius 3 is 2.54 bits per heavy atom. The maximum absolute atomic E-state index is 5.58. The molecule has 2 aliphatic heterocycles. The van der Waals surface area contributed by atoms with Crippen LogP contribution in [0.15, 0.2) is 42.5 Å². The summed E-state index contributed by atoms with van der Waals surface area (Å²) in [4.78, 5) is 2.53. The molecule has 2 aromatic carbocycles. The van der Waals surface area contributed by atoms with Crippen LogP contribution in [0.3, 0.4) is 0 Å². The van der Waals surface area contributed by atoms with Crippen LogP contribution in [-0.4, -0.2) is 19.9 Å². The van der Waals surface area contributed by atoms with Crippen molar-refractivity contribution in [2.45, 2.75) is 32.4 Å². The number of ether oxygens (including phenoxy) is 2. The van der Waals surface area contributed by atoms with Crippen molar-refractivity contribution in [3.05, 3.63) is 53.6 Å². The van der Waals surface area contributed by atoms with E-state index in [1.54, 1.807) is 0 Å². The van der Waals surface area contributed by atoms with Gasteiger partial charge in [-0.2, -0.15) is 0 Å². The first kappa shape index (κ1) is 15.3. The van der Waals surface area contributed by atoms with Crippen molar-refractivity contribution in [1.29, 1.82) is 0 Å². The summed E-state index contributed by atoms with van der Waals surface area (Å²) in [6, 6.07) is 14.8. The third-order valence-corrected chi connectivity index (χ3v) is 4.80. The van der Waals surface area contributed by atoms with Crippen molar-refractivity contribution in [1.82, 2.24) is 5.32 Å². The standard InChI is InChI=1S/C20H24N2O2/c1-4-11-22(12-5-1)18-9-3-2-7-16(18)13-21-14-17-8-6-10-19-20(17)24-15-23-19/h2-3,6-10,21H,1,4-5,11-15H2. The fraction of sp³-hybridized carbons (Fsp3) is 0.400. The van der Waals surface area contributed by atoms with Gasteiger partial charge in [0.05, 0.1) is 0 Å². The Labute approximate surface area is 143 Å². The van der Waals surface area contributed by atoms with Gasteiger partial charge in [-0.3, -0.25) is 0 Å². The number of anilines is 1. The summed E-state index contributed by atoms with van der Waals surface area (Å²) in [5, 5.41) is 3.56. The molecule has 4 nitrogen and oxygen atoms in total. The molecule has 1 saturated heterocycles. The maximum Gasteiger partial charge on any atom is 0.231 e. The monoisotopic (exact) mass is 324 g/mol. The van der Waals surface area contributed by atoms with Crippen molar-refractivity contribution >= 4 is 5.69 Å². The molecule has 0 bridgehead atoms. The highest BCUT2D eigenvalue weighted by atomic mass is 16.7. The summed E-state index contributed by atoms with van der Waals surface area (Å²) in [7, 11) is 0. The van der Waals surface area contributed by atoms with Crippen LogP contribution in [0.4, 0.5) is 5.69 Å². The zero-order valence-electron chi connectivity index (χ0n) is 14.0. The Morgan fingerprint density at radius 2 is 1.62 bits per heavy atom. The number of para-hydroxylation sites is 2. The second kappa shape index (κ2) is 7.14. The van der Waals surface area contributed by atoms with E-state index in [1.807, 2.05) is 12.1 Å². The average molecular weight is 324 g/mol. The largest absolute Gasteiger partial charge is 0.454 e. The number of rotatable bonds is 5. The summed E-state index contributed by atoms with van der Waals surface area (Å²) in [6.07, 6.45) is 3.96. The van der Waals surface area contributed by atoms with Gasteiger partial charge < -0.3 is 19.7 Å². The Bertz CT molecular complexity index is 696. The minimum atomic E-state index is 0.324. The predicted molar refractivity (Wildman–Crippen MR) is 95.6 cm³/mol. The summed E-state index contributed by atoms with van der Waals surface area (Å²) in [6.45, 7) is 4.31. The number of fused-ring (bicyclic) bond motifs is 1. The van der Waals surface area contributed by atoms with Crippen LogP contribution in [0.2, 0.25) is 0 Å². The van der Waals surface area contributed by atoms with E-state index in [1.165, 1.54) is 43.6 Å². The van der Waals surface area contributed by atoms with Crippen molar-refractivity contribution in [2.24, 2.45) is 0 Å². The summed E-state index contributed by atoms with van der Waals surface area (Å²) in [5.41, 5.74) is 3.90. The second-order valence-electron chi connectivity index (χ2n) is 6.43. The summed E-state index contributed by atoms with van der Waals surface area (Å²) < 4.78 is 11.0. The first-order chi connectivity index (χ1) is 11.9. The SMILES string of the molecule is c1ccc(N2CCCCC2)c(CNCc2cccc3c2OCO3)c1. The van der Waals surface area contributed by atoms with Crippen molar-refractivity contribution in [3.63, 3.8) is 0 Å². The molecule has 0 aliphatic carbocycles. The maximum atomic E-state index is 5.58. The van der Waals surface area contributed by atoms with Crippen molar-refractivity contribution < 1.29 is 9.47 Å². The van der Waals surface area contributed by atoms with Gasteiger partial charge in [-0.15, -0.1) is 0 Å². The topological polar surface area (TPSA) is 33.7 Å². The van der Waals surface area contributed by atoms with Crippen LogP contribution in [0, 0.1) is 0 Å². The molecule has 1 fully saturated rings. The van der Waals surface area contributed by atoms with Gasteiger partial charge in [-0.05, 0) is 37.0 Å². The minimum Gasteiger partial charge on any atom is -0.454 e. The minimum absolute atomic E-state index is 0.324. The molecule has 0 radical (unpaired) electrons. The van der Waals surface area contributed by atoms with E-state index in [0.29, 0.717) is 6.79 Å². The van der Waals surface area contributed by atoms with Gasteiger partial charge in [-0.25, -0.2) is 0 Å². The van der Waals surface area contributed by atoms with Gasteiger partial charge in [0.2, 0.25) is 6.79 Å². The quantitative estimate of drug-likeness (QED) is 0.909. The molecule has 1 N–H and O–H groups in total. The Hall–Kier alpha value is -2.20. The zero-order chi connectivity index (χ0) is 16.2. The Morgan fingerprint density at radius 1 is 0.833 bits per heavy atom. The molecule has 0 aromatic heterocycles. The lowest BCUT2D eigenvalue weighted by atomic mass is 10.1. The van der Waals surface area contributed by atoms with Crippen molar-refractivity contribution in [3.8, 4) is 11.5 Å². The lowest BCUT2D eigenvalue weighted by Gasteiger charge is -2.30. The lowest BCUT2D eigenvalue weighted by molar-refractivity contribution is 0.173. The number of nitrogens with zero attached hydrogens (tertiary/aromatic N) is 1. The predicted octanol–water partition coefficient (Wildman–Crippen LogP) is 3.70. The fourth-order valence-electron chi connectivity index (χ4n) is 3.57. The summed E-state index contributed by atoms with van der Waals surface area (Å²) >= 11 is 0. The Balaban J connectivity index is 1.42. The van der Waals surface area contributed by atoms with Crippen LogP contribution in [-0.2, 0) is 13.1 Å². The van der Waals surface area contributed by atoms with E-state index >= 15 is 0 Å². The van der Waals surface area contributed by atoms with E-state index < -0.39 is 0 Å². The third kappa shape index (κ3) is 3.20. The normalized spacial score (nSPS) is 16.4. The van der Waals surface area contributed by atoms with Gasteiger partial charge in [0.15, 0.2) is 11.5 Å². The molecule has 0 saturated carbocycles. The smallest absolute Gasteiger partial charge is 0.231 e. The van der Waals surface area contributed by atoms with E-state index in [0.717, 1.165) is 30.2 Å². The van der Waals surface area contributed by atoms with Crippen LogP contribution in [0.5, 0.6) is 11.5 Å². The van der Waals surface area contributed by atoms with Crippen LogP contribution in [0.25, 0.3) is 0 Å². The van der Waals surface area contributed by atoms with Gasteiger partial charge >= 0.3 is 0 Å². The van der Waals surface area contributed by atoms with Crippen molar-refractivity contribution in [2.75, 3.05) is 24.8 Å². The van der Waals surface area contributed by atoms with Crippen LogP contribution < -0.4 is 19.7 Å². The number of hydrogen-bond acceptors (Lipinski definition) is 4. The molecule has 0 spiro atoms. The van der Waals surface area contributed by atoms with Gasteiger partial charge in [0, 0.05) is 37.4 Å². The third-order valence-electron chi connectivity index (χ3n) is 4.80. The van der Waals surface area contributed by atoms with Gasteiger partial charge in [0.25, 0.3) is 0 Å². The molecule has 126 valence electrons. The number of piperidine rings is 1. The molecule has 24 heavy (non-hydrogen) atoms. The molecular formula is C20H24N2O2. The molecule has 2 aliphatic rings. The molecule has 2 aromatic rings. The fourth-order valence-corrected chi connectivity index (χ4v) is 3.57. The number of benzene rings is 2. The number of nitrogens with one attached hydrogen (secondary N) is 1. The molecule has 0 unspecified atom stereocenters. The molecular weight excluding hydrogens is 300 g/mol. The molecule has 0 atom stereocenters. The van der Waals surface area contributed by atoms with E-state index in [-0.39, 0.29) is 0 Å². The second-order valence-corrected chi connectivity index (χ2v) is 6.43. The summed E-state index contributed by atoms with van der Waals surface area (Å²) in [5.74, 6) is 1.73. The number of hydrogen-bond donors (Lipinski definition) is 1. The lowest BCUT2D eigenvalue weighted by Crippen LogP contribution is -2.30. The molecule has 4 heteroatoms. The van der Waals surface area contributed by atoms with E-state index in [9.17, 15) is 0 Å². The van der Waals surface area contributed by atoms with Crippen LogP contribution in [0.1, 0.15) is 30.4 Å². The van der Waals surface area contributed by atoms with Gasteiger partial charge in [-0.1, -0.05) is 30.3 Å². The first-order valence-electron chi connectivity index (χ1n) is 8.83. The van der Waals surface area contributed by atoms with E-state index in [4.69, 9.17) is 9.47 Å². The first-order valence-corrected chi connectivity index (χ1v) is 8.83. The van der Waals surface area contributed by atoms with Gasteiger partial charge in [0.1, 0.15) is 0 Å². The molecule has 2 heterocycles.